The summed E-state index contributed by atoms with van der Waals surface area (Å²) in [4.78, 5) is 25.8. The second kappa shape index (κ2) is 7.18. The predicted molar refractivity (Wildman–Crippen MR) is 94.9 cm³/mol. The van der Waals surface area contributed by atoms with E-state index in [1.165, 1.54) is 4.90 Å². The zero-order valence-electron chi connectivity index (χ0n) is 13.3. The molecule has 2 aromatic rings. The van der Waals surface area contributed by atoms with Gasteiger partial charge in [-0.15, -0.1) is 0 Å². The van der Waals surface area contributed by atoms with Gasteiger partial charge in [-0.05, 0) is 11.1 Å². The third kappa shape index (κ3) is 3.22. The molecule has 1 saturated heterocycles. The first-order chi connectivity index (χ1) is 11.6. The predicted octanol–water partition coefficient (Wildman–Crippen LogP) is 4.27. The third-order valence-corrected chi connectivity index (χ3v) is 5.48. The van der Waals surface area contributed by atoms with Gasteiger partial charge in [-0.25, -0.2) is 9.69 Å². The molecule has 5 heteroatoms. The Kier molecular flexibility index (Phi) is 5.00. The lowest BCUT2D eigenvalue weighted by atomic mass is 9.96. The molecule has 0 unspecified atom stereocenters. The number of hydrogen-bond acceptors (Lipinski definition) is 3. The Morgan fingerprint density at radius 1 is 1.12 bits per heavy atom. The van der Waals surface area contributed by atoms with E-state index < -0.39 is 10.9 Å². The number of alkyl halides is 1. The molecule has 3 atom stereocenters. The van der Waals surface area contributed by atoms with Crippen molar-refractivity contribution in [1.82, 2.24) is 4.90 Å². The summed E-state index contributed by atoms with van der Waals surface area (Å²) >= 11 is 3.48. The van der Waals surface area contributed by atoms with Crippen molar-refractivity contribution in [2.75, 3.05) is 6.61 Å². The van der Waals surface area contributed by atoms with Crippen LogP contribution >= 0.6 is 15.9 Å². The number of rotatable bonds is 4. The van der Waals surface area contributed by atoms with Crippen LogP contribution in [0.2, 0.25) is 0 Å². The molecule has 3 rings (SSSR count). The molecular weight excluding hydrogens is 370 g/mol. The Bertz CT molecular complexity index is 720. The molecule has 4 nitrogen and oxygen atoms in total. The molecule has 0 saturated carbocycles. The Hall–Kier alpha value is -2.14. The summed E-state index contributed by atoms with van der Waals surface area (Å²) in [5, 5.41) is 0. The fourth-order valence-corrected chi connectivity index (χ4v) is 3.38. The largest absolute Gasteiger partial charge is 0.446 e. The minimum atomic E-state index is -0.585. The zero-order valence-corrected chi connectivity index (χ0v) is 14.8. The molecule has 2 amide bonds. The van der Waals surface area contributed by atoms with E-state index >= 15 is 0 Å². The molecule has 1 aliphatic rings. The summed E-state index contributed by atoms with van der Waals surface area (Å²) in [5.74, 6) is -0.341. The molecule has 0 radical (unpaired) electrons. The van der Waals surface area contributed by atoms with Crippen molar-refractivity contribution in [3.8, 4) is 0 Å². The van der Waals surface area contributed by atoms with Crippen LogP contribution in [0.1, 0.15) is 30.0 Å². The molecule has 0 bridgehead atoms. The lowest BCUT2D eigenvalue weighted by molar-refractivity contribution is -0.128. The average molecular weight is 388 g/mol. The fraction of sp³-hybridized carbons (Fsp3) is 0.263. The smallest absolute Gasteiger partial charge is 0.417 e. The van der Waals surface area contributed by atoms with Crippen molar-refractivity contribution < 1.29 is 14.3 Å². The molecule has 1 fully saturated rings. The van der Waals surface area contributed by atoms with E-state index in [1.54, 1.807) is 0 Å². The first-order valence-electron chi connectivity index (χ1n) is 7.83. The van der Waals surface area contributed by atoms with E-state index in [4.69, 9.17) is 4.74 Å². The molecule has 0 aliphatic carbocycles. The van der Waals surface area contributed by atoms with E-state index in [2.05, 4.69) is 15.9 Å². The lowest BCUT2D eigenvalue weighted by Gasteiger charge is -2.25. The van der Waals surface area contributed by atoms with Gasteiger partial charge in [0.1, 0.15) is 17.5 Å². The Balaban J connectivity index is 1.83. The van der Waals surface area contributed by atoms with Gasteiger partial charge >= 0.3 is 6.09 Å². The topological polar surface area (TPSA) is 46.6 Å². The van der Waals surface area contributed by atoms with Gasteiger partial charge in [0.2, 0.25) is 5.91 Å². The molecular formula is C19H18BrNO3. The van der Waals surface area contributed by atoms with Crippen LogP contribution in [0.3, 0.4) is 0 Å². The number of halogens is 1. The number of benzene rings is 2. The maximum absolute atomic E-state index is 12.9. The van der Waals surface area contributed by atoms with Gasteiger partial charge in [0.25, 0.3) is 0 Å². The number of ether oxygens (including phenoxy) is 1. The highest BCUT2D eigenvalue weighted by Crippen LogP contribution is 2.33. The van der Waals surface area contributed by atoms with Crippen molar-refractivity contribution in [2.45, 2.75) is 23.7 Å². The van der Waals surface area contributed by atoms with Crippen molar-refractivity contribution in [3.05, 3.63) is 71.8 Å². The maximum Gasteiger partial charge on any atom is 0.417 e. The molecule has 2 aromatic carbocycles. The summed E-state index contributed by atoms with van der Waals surface area (Å²) in [7, 11) is 0. The SMILES string of the molecule is C[C@@H](c1ccccc1)[C@H](Br)C(=O)N1C(=O)OC[C@@H]1c1ccccc1. The van der Waals surface area contributed by atoms with Gasteiger partial charge in [-0.1, -0.05) is 83.5 Å². The Morgan fingerprint density at radius 2 is 1.71 bits per heavy atom. The van der Waals surface area contributed by atoms with Crippen molar-refractivity contribution >= 4 is 27.9 Å². The van der Waals surface area contributed by atoms with Crippen LogP contribution in [-0.2, 0) is 9.53 Å². The minimum Gasteiger partial charge on any atom is -0.446 e. The number of nitrogens with zero attached hydrogens (tertiary/aromatic N) is 1. The quantitative estimate of drug-likeness (QED) is 0.735. The van der Waals surface area contributed by atoms with Crippen LogP contribution < -0.4 is 0 Å². The van der Waals surface area contributed by atoms with Crippen molar-refractivity contribution in [3.63, 3.8) is 0 Å². The van der Waals surface area contributed by atoms with Crippen LogP contribution in [0, 0.1) is 0 Å². The standard InChI is InChI=1S/C19H18BrNO3/c1-13(14-8-4-2-5-9-14)17(20)18(22)21-16(12-24-19(21)23)15-10-6-3-7-11-15/h2-11,13,16-17H,12H2,1H3/t13-,16+,17-/m0/s1. The number of carbonyl (C=O) groups is 2. The number of cyclic esters (lactones) is 1. The van der Waals surface area contributed by atoms with Crippen molar-refractivity contribution in [2.24, 2.45) is 0 Å². The molecule has 0 aromatic heterocycles. The van der Waals surface area contributed by atoms with E-state index in [1.807, 2.05) is 67.6 Å². The van der Waals surface area contributed by atoms with E-state index in [9.17, 15) is 9.59 Å². The number of hydrogen-bond donors (Lipinski definition) is 0. The van der Waals surface area contributed by atoms with Gasteiger partial charge in [-0.2, -0.15) is 0 Å². The zero-order chi connectivity index (χ0) is 17.1. The second-order valence-corrected chi connectivity index (χ2v) is 6.80. The van der Waals surface area contributed by atoms with Gasteiger partial charge in [0.05, 0.1) is 0 Å². The normalized spacial score (nSPS) is 19.7. The maximum atomic E-state index is 12.9. The fourth-order valence-electron chi connectivity index (χ4n) is 2.86. The summed E-state index contributed by atoms with van der Waals surface area (Å²) in [6.07, 6.45) is -0.585. The van der Waals surface area contributed by atoms with Crippen LogP contribution in [0.15, 0.2) is 60.7 Å². The van der Waals surface area contributed by atoms with Crippen LogP contribution in [0.5, 0.6) is 0 Å². The highest BCUT2D eigenvalue weighted by molar-refractivity contribution is 9.10. The molecule has 24 heavy (non-hydrogen) atoms. The van der Waals surface area contributed by atoms with Gasteiger partial charge in [0, 0.05) is 5.92 Å². The van der Waals surface area contributed by atoms with Gasteiger partial charge in [-0.3, -0.25) is 4.79 Å². The molecule has 1 aliphatic heterocycles. The second-order valence-electron chi connectivity index (χ2n) is 5.81. The lowest BCUT2D eigenvalue weighted by Crippen LogP contribution is -2.40. The van der Waals surface area contributed by atoms with E-state index in [0.717, 1.165) is 11.1 Å². The summed E-state index contributed by atoms with van der Waals surface area (Å²) in [6, 6.07) is 18.9. The monoisotopic (exact) mass is 387 g/mol. The summed E-state index contributed by atoms with van der Waals surface area (Å²) in [5.41, 5.74) is 1.93. The van der Waals surface area contributed by atoms with E-state index in [-0.39, 0.29) is 24.5 Å². The average Bonchev–Trinajstić information content (AvgIpc) is 3.03. The Labute approximate surface area is 149 Å². The highest BCUT2D eigenvalue weighted by Gasteiger charge is 2.42. The number of imide groups is 1. The van der Waals surface area contributed by atoms with Crippen LogP contribution in [0.25, 0.3) is 0 Å². The molecule has 0 spiro atoms. The first kappa shape index (κ1) is 16.7. The van der Waals surface area contributed by atoms with E-state index in [0.29, 0.717) is 0 Å². The molecule has 1 heterocycles. The number of carbonyl (C=O) groups excluding carboxylic acids is 2. The van der Waals surface area contributed by atoms with Gasteiger partial charge in [0.15, 0.2) is 0 Å². The number of amides is 2. The minimum absolute atomic E-state index is 0.0662. The van der Waals surface area contributed by atoms with Crippen LogP contribution in [-0.4, -0.2) is 28.3 Å². The van der Waals surface area contributed by atoms with Crippen molar-refractivity contribution in [1.29, 1.82) is 0 Å². The third-order valence-electron chi connectivity index (χ3n) is 4.30. The summed E-state index contributed by atoms with van der Waals surface area (Å²) < 4.78 is 5.13. The molecule has 124 valence electrons. The first-order valence-corrected chi connectivity index (χ1v) is 8.75. The Morgan fingerprint density at radius 3 is 2.33 bits per heavy atom. The molecule has 0 N–H and O–H groups in total. The highest BCUT2D eigenvalue weighted by atomic mass is 79.9. The summed E-state index contributed by atoms with van der Waals surface area (Å²) in [6.45, 7) is 2.15. The van der Waals surface area contributed by atoms with Gasteiger partial charge < -0.3 is 4.74 Å². The van der Waals surface area contributed by atoms with Crippen LogP contribution in [0.4, 0.5) is 4.79 Å².